The lowest BCUT2D eigenvalue weighted by Gasteiger charge is -2.16. The minimum atomic E-state index is -0.379. The van der Waals surface area contributed by atoms with Crippen molar-refractivity contribution in [1.29, 1.82) is 0 Å². The summed E-state index contributed by atoms with van der Waals surface area (Å²) in [5.74, 6) is 1.48. The van der Waals surface area contributed by atoms with E-state index < -0.39 is 0 Å². The van der Waals surface area contributed by atoms with Crippen LogP contribution in [0.25, 0.3) is 0 Å². The van der Waals surface area contributed by atoms with E-state index in [4.69, 9.17) is 14.2 Å². The van der Waals surface area contributed by atoms with Crippen LogP contribution in [0, 0.1) is 5.92 Å². The first kappa shape index (κ1) is 14.7. The highest BCUT2D eigenvalue weighted by atomic mass is 16.5. The summed E-state index contributed by atoms with van der Waals surface area (Å²) >= 11 is 0. The highest BCUT2D eigenvalue weighted by molar-refractivity contribution is 5.90. The van der Waals surface area contributed by atoms with Crippen LogP contribution in [0.3, 0.4) is 0 Å². The van der Waals surface area contributed by atoms with Crippen LogP contribution in [-0.2, 0) is 11.2 Å². The smallest absolute Gasteiger partial charge is 0.338 e. The van der Waals surface area contributed by atoms with Crippen molar-refractivity contribution in [2.24, 2.45) is 5.92 Å². The van der Waals surface area contributed by atoms with Crippen LogP contribution < -0.4 is 9.47 Å². The molecular weight excluding hydrogens is 256 g/mol. The molecule has 0 amide bonds. The minimum absolute atomic E-state index is 0.271. The normalized spacial score (nSPS) is 15.7. The van der Waals surface area contributed by atoms with Gasteiger partial charge in [0.1, 0.15) is 17.1 Å². The Balaban J connectivity index is 2.38. The number of methoxy groups -OCH3 is 1. The summed E-state index contributed by atoms with van der Waals surface area (Å²) in [5, 5.41) is 0. The van der Waals surface area contributed by atoms with E-state index in [2.05, 4.69) is 13.8 Å². The second-order valence-electron chi connectivity index (χ2n) is 6.19. The zero-order valence-electron chi connectivity index (χ0n) is 12.8. The number of benzene rings is 1. The average Bonchev–Trinajstić information content (AvgIpc) is 2.68. The predicted molar refractivity (Wildman–Crippen MR) is 76.5 cm³/mol. The van der Waals surface area contributed by atoms with Crippen LogP contribution in [0.5, 0.6) is 11.5 Å². The molecule has 0 fully saturated rings. The van der Waals surface area contributed by atoms with Gasteiger partial charge in [-0.3, -0.25) is 0 Å². The molecule has 0 aliphatic carbocycles. The molecule has 1 aliphatic heterocycles. The number of esters is 1. The summed E-state index contributed by atoms with van der Waals surface area (Å²) in [4.78, 5) is 11.7. The topological polar surface area (TPSA) is 44.8 Å². The van der Waals surface area contributed by atoms with Gasteiger partial charge >= 0.3 is 5.97 Å². The average molecular weight is 278 g/mol. The third kappa shape index (κ3) is 3.06. The zero-order valence-corrected chi connectivity index (χ0v) is 12.8. The first-order valence-electron chi connectivity index (χ1n) is 6.89. The van der Waals surface area contributed by atoms with Gasteiger partial charge in [-0.25, -0.2) is 4.79 Å². The Morgan fingerprint density at radius 1 is 1.40 bits per heavy atom. The fourth-order valence-corrected chi connectivity index (χ4v) is 2.27. The molecule has 1 heterocycles. The summed E-state index contributed by atoms with van der Waals surface area (Å²) in [6, 6.07) is 3.48. The molecule has 20 heavy (non-hydrogen) atoms. The van der Waals surface area contributed by atoms with E-state index in [1.54, 1.807) is 12.1 Å². The van der Waals surface area contributed by atoms with E-state index >= 15 is 0 Å². The van der Waals surface area contributed by atoms with Crippen molar-refractivity contribution in [2.75, 3.05) is 13.7 Å². The van der Waals surface area contributed by atoms with Gasteiger partial charge in [-0.15, -0.1) is 0 Å². The van der Waals surface area contributed by atoms with Gasteiger partial charge in [-0.1, -0.05) is 13.8 Å². The monoisotopic (exact) mass is 278 g/mol. The Kier molecular flexibility index (Phi) is 3.93. The van der Waals surface area contributed by atoms with Crippen LogP contribution in [0.4, 0.5) is 0 Å². The second kappa shape index (κ2) is 5.35. The quantitative estimate of drug-likeness (QED) is 0.793. The molecule has 0 saturated carbocycles. The highest BCUT2D eigenvalue weighted by Crippen LogP contribution is 2.41. The molecule has 0 saturated heterocycles. The number of fused-ring (bicyclic) bond motifs is 1. The number of hydrogen-bond acceptors (Lipinski definition) is 4. The lowest BCUT2D eigenvalue weighted by molar-refractivity contribution is 0.0599. The van der Waals surface area contributed by atoms with Gasteiger partial charge in [0.25, 0.3) is 0 Å². The first-order chi connectivity index (χ1) is 9.32. The molecule has 0 radical (unpaired) electrons. The Morgan fingerprint density at radius 3 is 2.70 bits per heavy atom. The maximum atomic E-state index is 11.7. The summed E-state index contributed by atoms with van der Waals surface area (Å²) in [5.41, 5.74) is 1.22. The molecule has 1 aromatic carbocycles. The largest absolute Gasteiger partial charge is 0.493 e. The maximum absolute atomic E-state index is 11.7. The van der Waals surface area contributed by atoms with Crippen molar-refractivity contribution in [2.45, 2.75) is 39.7 Å². The molecule has 2 rings (SSSR count). The SMILES string of the molecule is COC(=O)c1cc(OCC(C)C)c2c(c1)OC(C)(C)C2. The van der Waals surface area contributed by atoms with Gasteiger partial charge in [0.05, 0.1) is 19.3 Å². The van der Waals surface area contributed by atoms with Gasteiger partial charge in [0.15, 0.2) is 0 Å². The van der Waals surface area contributed by atoms with Crippen LogP contribution in [0.15, 0.2) is 12.1 Å². The molecule has 110 valence electrons. The fourth-order valence-electron chi connectivity index (χ4n) is 2.27. The van der Waals surface area contributed by atoms with E-state index in [-0.39, 0.29) is 11.6 Å². The third-order valence-corrected chi connectivity index (χ3v) is 3.15. The second-order valence-corrected chi connectivity index (χ2v) is 6.19. The lowest BCUT2D eigenvalue weighted by atomic mass is 10.00. The highest BCUT2D eigenvalue weighted by Gasteiger charge is 2.33. The molecule has 0 aromatic heterocycles. The van der Waals surface area contributed by atoms with E-state index in [1.165, 1.54) is 7.11 Å². The van der Waals surface area contributed by atoms with Crippen LogP contribution in [0.1, 0.15) is 43.6 Å². The standard InChI is InChI=1S/C16H22O4/c1-10(2)9-19-13-6-11(15(17)18-5)7-14-12(13)8-16(3,4)20-14/h6-7,10H,8-9H2,1-5H3. The van der Waals surface area contributed by atoms with E-state index in [0.717, 1.165) is 23.5 Å². The van der Waals surface area contributed by atoms with Crippen molar-refractivity contribution in [3.8, 4) is 11.5 Å². The van der Waals surface area contributed by atoms with Crippen molar-refractivity contribution < 1.29 is 19.0 Å². The molecule has 0 atom stereocenters. The zero-order chi connectivity index (χ0) is 14.9. The minimum Gasteiger partial charge on any atom is -0.493 e. The Morgan fingerprint density at radius 2 is 2.10 bits per heavy atom. The van der Waals surface area contributed by atoms with Gasteiger partial charge in [0.2, 0.25) is 0 Å². The van der Waals surface area contributed by atoms with Gasteiger partial charge in [-0.2, -0.15) is 0 Å². The van der Waals surface area contributed by atoms with Gasteiger partial charge < -0.3 is 14.2 Å². The van der Waals surface area contributed by atoms with E-state index in [0.29, 0.717) is 18.1 Å². The molecule has 1 aliphatic rings. The number of ether oxygens (including phenoxy) is 3. The third-order valence-electron chi connectivity index (χ3n) is 3.15. The van der Waals surface area contributed by atoms with Gasteiger partial charge in [0, 0.05) is 12.0 Å². The molecular formula is C16H22O4. The Hall–Kier alpha value is -1.71. The molecule has 0 N–H and O–H groups in total. The summed E-state index contributed by atoms with van der Waals surface area (Å²) in [7, 11) is 1.37. The first-order valence-corrected chi connectivity index (χ1v) is 6.89. The van der Waals surface area contributed by atoms with Crippen LogP contribution >= 0.6 is 0 Å². The molecule has 0 unspecified atom stereocenters. The molecule has 1 aromatic rings. The summed E-state index contributed by atoms with van der Waals surface area (Å²) in [6.45, 7) is 8.83. The Bertz CT molecular complexity index is 517. The van der Waals surface area contributed by atoms with E-state index in [9.17, 15) is 4.79 Å². The van der Waals surface area contributed by atoms with Crippen LogP contribution in [-0.4, -0.2) is 25.3 Å². The van der Waals surface area contributed by atoms with E-state index in [1.807, 2.05) is 13.8 Å². The van der Waals surface area contributed by atoms with Gasteiger partial charge in [-0.05, 0) is 31.9 Å². The van der Waals surface area contributed by atoms with Crippen molar-refractivity contribution in [1.82, 2.24) is 0 Å². The number of rotatable bonds is 4. The molecule has 4 nitrogen and oxygen atoms in total. The summed E-state index contributed by atoms with van der Waals surface area (Å²) < 4.78 is 16.5. The predicted octanol–water partition coefficient (Wildman–Crippen LogP) is 3.22. The number of carbonyl (C=O) groups is 1. The van der Waals surface area contributed by atoms with Crippen LogP contribution in [0.2, 0.25) is 0 Å². The van der Waals surface area contributed by atoms with Crippen molar-refractivity contribution >= 4 is 5.97 Å². The summed E-state index contributed by atoms with van der Waals surface area (Å²) in [6.07, 6.45) is 0.775. The lowest BCUT2D eigenvalue weighted by Crippen LogP contribution is -2.24. The number of carbonyl (C=O) groups excluding carboxylic acids is 1. The Labute approximate surface area is 120 Å². The maximum Gasteiger partial charge on any atom is 0.338 e. The van der Waals surface area contributed by atoms with Crippen molar-refractivity contribution in [3.05, 3.63) is 23.3 Å². The van der Waals surface area contributed by atoms with Crippen molar-refractivity contribution in [3.63, 3.8) is 0 Å². The fraction of sp³-hybridized carbons (Fsp3) is 0.562. The number of hydrogen-bond donors (Lipinski definition) is 0. The molecule has 0 bridgehead atoms. The molecule has 0 spiro atoms. The molecule has 4 heteroatoms.